The van der Waals surface area contributed by atoms with Crippen molar-refractivity contribution in [1.82, 2.24) is 29.9 Å². The van der Waals surface area contributed by atoms with Crippen LogP contribution in [0.1, 0.15) is 47.2 Å². The molecular formula is C122H84N6. The van der Waals surface area contributed by atoms with Gasteiger partial charge in [-0.2, -0.15) is 0 Å². The van der Waals surface area contributed by atoms with Gasteiger partial charge >= 0.3 is 0 Å². The van der Waals surface area contributed by atoms with Gasteiger partial charge in [-0.05, 0) is 228 Å². The van der Waals surface area contributed by atoms with Crippen LogP contribution in [-0.2, 0) is 10.8 Å². The Hall–Kier alpha value is -16.5. The largest absolute Gasteiger partial charge is 0.264 e. The van der Waals surface area contributed by atoms with E-state index in [4.69, 9.17) is 19.9 Å². The summed E-state index contributed by atoms with van der Waals surface area (Å²) in [5, 5.41) is 2.62. The average Bonchev–Trinajstić information content (AvgIpc) is 1.52. The van der Waals surface area contributed by atoms with Crippen LogP contribution >= 0.6 is 0 Å². The number of nitrogens with zero attached hydrogens (tertiary/aromatic N) is 6. The lowest BCUT2D eigenvalue weighted by Crippen LogP contribution is -2.28. The van der Waals surface area contributed by atoms with Crippen molar-refractivity contribution in [3.05, 3.63) is 507 Å². The lowest BCUT2D eigenvalue weighted by molar-refractivity contribution is 0.661. The topological polar surface area (TPSA) is 77.3 Å². The van der Waals surface area contributed by atoms with Gasteiger partial charge in [-0.15, -0.1) is 0 Å². The lowest BCUT2D eigenvalue weighted by atomic mass is 9.67. The van der Waals surface area contributed by atoms with Crippen molar-refractivity contribution in [2.45, 2.75) is 24.7 Å². The van der Waals surface area contributed by atoms with E-state index in [0.717, 1.165) is 106 Å². The normalized spacial score (nSPS) is 12.4. The standard InChI is InChI=1S/C64H43N3.C58H41N3/c1-4-16-46(17-5-1)63-66-61(45-33-31-44(32-34-45)54-24-15-37-65-43-54)42-62(67-63)53-23-14-22-51(40-53)49-20-12-18-47(38-49)48-19-13-21-50(39-48)52-35-36-58-57-29-10-11-30-59(57)64(60(58)41-52,55-25-6-2-7-26-55)56-27-8-3-9-28-56;1-58(2)52-30-28-39-12-6-7-22-50(39)56(52)51-29-27-47(35-53(51)58)45-18-9-16-43(33-45)42-15-8-17-44(32-42)46-19-10-20-48(34-46)55-36-54(60-57(61-55)41-13-4-3-5-14-41)40-25-23-38(24-26-40)49-21-11-31-59-37-49/h1-43H;3-37H,1-2H3. The summed E-state index contributed by atoms with van der Waals surface area (Å²) in [6.45, 7) is 4.73. The van der Waals surface area contributed by atoms with Gasteiger partial charge in [0.15, 0.2) is 11.6 Å². The van der Waals surface area contributed by atoms with Gasteiger partial charge in [0.1, 0.15) is 0 Å². The zero-order valence-electron chi connectivity index (χ0n) is 70.7. The molecule has 4 aromatic heterocycles. The monoisotopic (exact) mass is 1630 g/mol. The Labute approximate surface area is 746 Å². The van der Waals surface area contributed by atoms with Crippen LogP contribution in [0.2, 0.25) is 0 Å². The van der Waals surface area contributed by atoms with E-state index >= 15 is 0 Å². The second-order valence-electron chi connectivity index (χ2n) is 33.7. The van der Waals surface area contributed by atoms with E-state index in [1.165, 1.54) is 105 Å². The third-order valence-corrected chi connectivity index (χ3v) is 25.7. The SMILES string of the molecule is CC1(C)c2cc(-c3cccc(-c4cccc(-c5cccc(-c6cc(-c7ccc(-c8cccnc8)cc7)nc(-c7ccccc7)n6)c5)c4)c3)ccc2-c2c1ccc1ccccc21.c1ccc(-c2nc(-c3ccc(-c4cccnc4)cc3)cc(-c3cccc(-c4cccc(-c5cccc(-c6ccc7c(c6)C(c6ccccc6)(c6ccccc6)c6ccccc6-7)c5)c4)c3)n2)cc1. The fourth-order valence-corrected chi connectivity index (χ4v) is 19.2. The van der Waals surface area contributed by atoms with Crippen LogP contribution in [-0.4, -0.2) is 29.9 Å². The van der Waals surface area contributed by atoms with Gasteiger partial charge in [0.25, 0.3) is 0 Å². The predicted octanol–water partition coefficient (Wildman–Crippen LogP) is 30.9. The van der Waals surface area contributed by atoms with E-state index in [0.29, 0.717) is 11.6 Å². The smallest absolute Gasteiger partial charge is 0.160 e. The van der Waals surface area contributed by atoms with Gasteiger partial charge in [-0.25, -0.2) is 19.9 Å². The van der Waals surface area contributed by atoms with Crippen LogP contribution in [0.5, 0.6) is 0 Å². The van der Waals surface area contributed by atoms with Crippen molar-refractivity contribution >= 4 is 10.8 Å². The number of benzene rings is 17. The van der Waals surface area contributed by atoms with Crippen molar-refractivity contribution in [2.24, 2.45) is 0 Å². The fourth-order valence-electron chi connectivity index (χ4n) is 19.2. The molecule has 0 fully saturated rings. The zero-order valence-corrected chi connectivity index (χ0v) is 70.7. The maximum atomic E-state index is 5.16. The molecule has 0 aliphatic heterocycles. The van der Waals surface area contributed by atoms with Gasteiger partial charge in [-0.3, -0.25) is 9.97 Å². The molecule has 0 radical (unpaired) electrons. The zero-order chi connectivity index (χ0) is 85.5. The highest BCUT2D eigenvalue weighted by atomic mass is 14.9. The summed E-state index contributed by atoms with van der Waals surface area (Å²) in [6, 6.07) is 161. The second kappa shape index (κ2) is 33.3. The molecule has 23 rings (SSSR count). The molecule has 0 saturated carbocycles. The third kappa shape index (κ3) is 14.7. The molecule has 0 atom stereocenters. The van der Waals surface area contributed by atoms with Crippen LogP contribution in [0.3, 0.4) is 0 Å². The van der Waals surface area contributed by atoms with E-state index in [1.807, 2.05) is 60.9 Å². The maximum Gasteiger partial charge on any atom is 0.160 e. The van der Waals surface area contributed by atoms with E-state index in [1.54, 1.807) is 12.4 Å². The summed E-state index contributed by atoms with van der Waals surface area (Å²) in [5.74, 6) is 1.39. The molecular weight excluding hydrogens is 1550 g/mol. The molecule has 6 heteroatoms. The van der Waals surface area contributed by atoms with E-state index in [-0.39, 0.29) is 5.41 Å². The first-order chi connectivity index (χ1) is 63.1. The summed E-state index contributed by atoms with van der Waals surface area (Å²) < 4.78 is 0. The van der Waals surface area contributed by atoms with Crippen LogP contribution in [0.25, 0.3) is 190 Å². The summed E-state index contributed by atoms with van der Waals surface area (Å²) in [4.78, 5) is 29.1. The first-order valence-corrected chi connectivity index (χ1v) is 43.7. The van der Waals surface area contributed by atoms with Crippen LogP contribution in [0.15, 0.2) is 474 Å². The molecule has 0 unspecified atom stereocenters. The minimum absolute atomic E-state index is 0.0894. The molecule has 21 aromatic rings. The van der Waals surface area contributed by atoms with Gasteiger partial charge in [0.05, 0.1) is 28.2 Å². The van der Waals surface area contributed by atoms with Crippen LogP contribution in [0.4, 0.5) is 0 Å². The molecule has 0 saturated heterocycles. The highest BCUT2D eigenvalue weighted by Crippen LogP contribution is 2.58. The van der Waals surface area contributed by atoms with Crippen molar-refractivity contribution in [1.29, 1.82) is 0 Å². The Morgan fingerprint density at radius 2 is 0.508 bits per heavy atom. The van der Waals surface area contributed by atoms with Gasteiger partial charge < -0.3 is 0 Å². The first-order valence-electron chi connectivity index (χ1n) is 43.7. The van der Waals surface area contributed by atoms with Gasteiger partial charge in [0, 0.05) is 63.6 Å². The highest BCUT2D eigenvalue weighted by Gasteiger charge is 2.46. The maximum absolute atomic E-state index is 5.16. The number of rotatable bonds is 16. The molecule has 4 heterocycles. The molecule has 2 aliphatic rings. The van der Waals surface area contributed by atoms with E-state index in [2.05, 4.69) is 424 Å². The molecule has 2 aliphatic carbocycles. The molecule has 0 spiro atoms. The Kier molecular flexibility index (Phi) is 20.1. The first kappa shape index (κ1) is 77.5. The molecule has 602 valence electrons. The highest BCUT2D eigenvalue weighted by molar-refractivity contribution is 6.03. The molecule has 17 aromatic carbocycles. The Morgan fingerprint density at radius 3 is 0.938 bits per heavy atom. The summed E-state index contributed by atoms with van der Waals surface area (Å²) in [7, 11) is 0. The number of pyridine rings is 2. The molecule has 0 bridgehead atoms. The second-order valence-corrected chi connectivity index (χ2v) is 33.7. The summed E-state index contributed by atoms with van der Waals surface area (Å²) in [6.07, 6.45) is 7.38. The quantitative estimate of drug-likeness (QED) is 0.0959. The minimum Gasteiger partial charge on any atom is -0.264 e. The van der Waals surface area contributed by atoms with E-state index in [9.17, 15) is 0 Å². The number of aromatic nitrogens is 6. The van der Waals surface area contributed by atoms with E-state index < -0.39 is 5.41 Å². The van der Waals surface area contributed by atoms with Crippen LogP contribution in [0, 0.1) is 0 Å². The molecule has 6 nitrogen and oxygen atoms in total. The average molecular weight is 1630 g/mol. The lowest BCUT2D eigenvalue weighted by Gasteiger charge is -2.34. The summed E-state index contributed by atoms with van der Waals surface area (Å²) in [5.41, 5.74) is 40.7. The van der Waals surface area contributed by atoms with Gasteiger partial charge in [0.2, 0.25) is 0 Å². The third-order valence-electron chi connectivity index (χ3n) is 25.7. The molecule has 0 amide bonds. The molecule has 128 heavy (non-hydrogen) atoms. The minimum atomic E-state index is -0.451. The number of fused-ring (bicyclic) bond motifs is 8. The van der Waals surface area contributed by atoms with Crippen molar-refractivity contribution < 1.29 is 0 Å². The van der Waals surface area contributed by atoms with Crippen molar-refractivity contribution in [3.8, 4) is 179 Å². The van der Waals surface area contributed by atoms with Gasteiger partial charge in [-0.1, -0.05) is 390 Å². The molecule has 0 N–H and O–H groups in total. The Balaban J connectivity index is 0.000000151. The van der Waals surface area contributed by atoms with Crippen molar-refractivity contribution in [2.75, 3.05) is 0 Å². The van der Waals surface area contributed by atoms with Crippen molar-refractivity contribution in [3.63, 3.8) is 0 Å². The van der Waals surface area contributed by atoms with Crippen LogP contribution < -0.4 is 0 Å². The number of hydrogen-bond acceptors (Lipinski definition) is 6. The number of hydrogen-bond donors (Lipinski definition) is 0. The fraction of sp³-hybridized carbons (Fsp3) is 0.0328. The summed E-state index contributed by atoms with van der Waals surface area (Å²) >= 11 is 0. The Morgan fingerprint density at radius 1 is 0.188 bits per heavy atom. The predicted molar refractivity (Wildman–Crippen MR) is 528 cm³/mol. The Bertz CT molecular complexity index is 7690.